The van der Waals surface area contributed by atoms with Crippen LogP contribution in [0.3, 0.4) is 0 Å². The molecule has 5 heteroatoms. The predicted octanol–water partition coefficient (Wildman–Crippen LogP) is 3.02. The van der Waals surface area contributed by atoms with Crippen molar-refractivity contribution in [1.29, 1.82) is 0 Å². The summed E-state index contributed by atoms with van der Waals surface area (Å²) in [7, 11) is 2.08. The normalized spacial score (nSPS) is 19.6. The van der Waals surface area contributed by atoms with E-state index in [1.807, 2.05) is 29.7 Å². The summed E-state index contributed by atoms with van der Waals surface area (Å²) >= 11 is 1.84. The van der Waals surface area contributed by atoms with Gasteiger partial charge < -0.3 is 4.57 Å². The van der Waals surface area contributed by atoms with E-state index in [9.17, 15) is 0 Å². The molecule has 0 saturated carbocycles. The standard InChI is InChI=1S/C16H18N4S/c1-19-15(18-14-5-2-7-17-16(14)19)12-6-8-20(10-12)11-13-4-3-9-21-13/h2-5,7,9,12H,6,8,10-11H2,1H3. The van der Waals surface area contributed by atoms with Gasteiger partial charge in [-0.15, -0.1) is 11.3 Å². The first-order chi connectivity index (χ1) is 10.3. The van der Waals surface area contributed by atoms with Crippen molar-refractivity contribution in [3.05, 3.63) is 46.5 Å². The monoisotopic (exact) mass is 298 g/mol. The minimum absolute atomic E-state index is 0.518. The fourth-order valence-corrected chi connectivity index (χ4v) is 3.96. The Morgan fingerprint density at radius 1 is 1.33 bits per heavy atom. The van der Waals surface area contributed by atoms with Crippen molar-refractivity contribution in [3.63, 3.8) is 0 Å². The Hall–Kier alpha value is -1.72. The highest BCUT2D eigenvalue weighted by molar-refractivity contribution is 7.09. The first-order valence-corrected chi connectivity index (χ1v) is 8.21. The first-order valence-electron chi connectivity index (χ1n) is 7.33. The van der Waals surface area contributed by atoms with Crippen LogP contribution in [0.1, 0.15) is 23.0 Å². The van der Waals surface area contributed by atoms with Crippen molar-refractivity contribution < 1.29 is 0 Å². The average molecular weight is 298 g/mol. The fraction of sp³-hybridized carbons (Fsp3) is 0.375. The van der Waals surface area contributed by atoms with Gasteiger partial charge in [0.2, 0.25) is 0 Å². The van der Waals surface area contributed by atoms with Crippen LogP contribution in [0.25, 0.3) is 11.2 Å². The SMILES string of the molecule is Cn1c(C2CCN(Cc3cccs3)C2)nc2cccnc21. The molecule has 0 N–H and O–H groups in total. The van der Waals surface area contributed by atoms with Crippen LogP contribution in [-0.2, 0) is 13.6 Å². The topological polar surface area (TPSA) is 34.0 Å². The number of aryl methyl sites for hydroxylation is 1. The third-order valence-electron chi connectivity index (χ3n) is 4.26. The number of hydrogen-bond acceptors (Lipinski definition) is 4. The average Bonchev–Trinajstić information content (AvgIpc) is 3.21. The molecule has 4 rings (SSSR count). The summed E-state index contributed by atoms with van der Waals surface area (Å²) < 4.78 is 2.16. The van der Waals surface area contributed by atoms with Gasteiger partial charge in [-0.05, 0) is 36.5 Å². The summed E-state index contributed by atoms with van der Waals surface area (Å²) in [4.78, 5) is 13.2. The number of nitrogens with zero attached hydrogens (tertiary/aromatic N) is 4. The Balaban J connectivity index is 1.55. The molecule has 1 saturated heterocycles. The number of imidazole rings is 1. The number of thiophene rings is 1. The maximum atomic E-state index is 4.80. The maximum Gasteiger partial charge on any atom is 0.159 e. The molecule has 4 heterocycles. The number of hydrogen-bond donors (Lipinski definition) is 0. The summed E-state index contributed by atoms with van der Waals surface area (Å²) in [5.74, 6) is 1.70. The van der Waals surface area contributed by atoms with E-state index in [0.29, 0.717) is 5.92 Å². The minimum Gasteiger partial charge on any atom is -0.316 e. The van der Waals surface area contributed by atoms with E-state index < -0.39 is 0 Å². The summed E-state index contributed by atoms with van der Waals surface area (Å²) in [6.07, 6.45) is 3.02. The molecule has 0 bridgehead atoms. The second-order valence-corrected chi connectivity index (χ2v) is 6.71. The van der Waals surface area contributed by atoms with E-state index in [-0.39, 0.29) is 0 Å². The zero-order valence-corrected chi connectivity index (χ0v) is 12.9. The maximum absolute atomic E-state index is 4.80. The summed E-state index contributed by atoms with van der Waals surface area (Å²) in [5.41, 5.74) is 2.00. The molecule has 1 atom stereocenters. The molecule has 1 unspecified atom stereocenters. The highest BCUT2D eigenvalue weighted by Gasteiger charge is 2.27. The van der Waals surface area contributed by atoms with E-state index in [4.69, 9.17) is 4.98 Å². The molecule has 0 radical (unpaired) electrons. The number of pyridine rings is 1. The molecule has 1 aliphatic heterocycles. The zero-order valence-electron chi connectivity index (χ0n) is 12.1. The Kier molecular flexibility index (Phi) is 3.24. The van der Waals surface area contributed by atoms with Crippen LogP contribution >= 0.6 is 11.3 Å². The smallest absolute Gasteiger partial charge is 0.159 e. The van der Waals surface area contributed by atoms with Crippen molar-refractivity contribution in [2.75, 3.05) is 13.1 Å². The molecule has 0 amide bonds. The van der Waals surface area contributed by atoms with E-state index in [0.717, 1.165) is 30.8 Å². The van der Waals surface area contributed by atoms with Gasteiger partial charge in [0.1, 0.15) is 11.3 Å². The van der Waals surface area contributed by atoms with E-state index >= 15 is 0 Å². The molecule has 0 aromatic carbocycles. The molecule has 1 fully saturated rings. The van der Waals surface area contributed by atoms with Gasteiger partial charge in [0.15, 0.2) is 5.65 Å². The third kappa shape index (κ3) is 2.36. The largest absolute Gasteiger partial charge is 0.316 e. The Bertz CT molecular complexity index is 747. The molecular formula is C16H18N4S. The second-order valence-electron chi connectivity index (χ2n) is 5.68. The predicted molar refractivity (Wildman–Crippen MR) is 85.5 cm³/mol. The lowest BCUT2D eigenvalue weighted by Gasteiger charge is -2.14. The lowest BCUT2D eigenvalue weighted by atomic mass is 10.1. The fourth-order valence-electron chi connectivity index (χ4n) is 3.22. The second kappa shape index (κ2) is 5.24. The van der Waals surface area contributed by atoms with Crippen molar-refractivity contribution in [2.45, 2.75) is 18.9 Å². The van der Waals surface area contributed by atoms with Crippen molar-refractivity contribution in [2.24, 2.45) is 7.05 Å². The van der Waals surface area contributed by atoms with Gasteiger partial charge in [-0.2, -0.15) is 0 Å². The van der Waals surface area contributed by atoms with Gasteiger partial charge >= 0.3 is 0 Å². The minimum atomic E-state index is 0.518. The molecule has 0 aliphatic carbocycles. The highest BCUT2D eigenvalue weighted by atomic mass is 32.1. The number of aromatic nitrogens is 3. The van der Waals surface area contributed by atoms with Gasteiger partial charge in [-0.3, -0.25) is 4.90 Å². The number of rotatable bonds is 3. The van der Waals surface area contributed by atoms with E-state index in [2.05, 4.69) is 39.0 Å². The first kappa shape index (κ1) is 13.0. The molecule has 1 aliphatic rings. The molecule has 3 aromatic rings. The van der Waals surface area contributed by atoms with Crippen LogP contribution in [0.5, 0.6) is 0 Å². The summed E-state index contributed by atoms with van der Waals surface area (Å²) in [6, 6.07) is 8.35. The Morgan fingerprint density at radius 2 is 2.29 bits per heavy atom. The Morgan fingerprint density at radius 3 is 3.10 bits per heavy atom. The van der Waals surface area contributed by atoms with E-state index in [1.165, 1.54) is 17.1 Å². The third-order valence-corrected chi connectivity index (χ3v) is 5.12. The molecule has 4 nitrogen and oxygen atoms in total. The van der Waals surface area contributed by atoms with Crippen LogP contribution < -0.4 is 0 Å². The van der Waals surface area contributed by atoms with Gasteiger partial charge in [0.25, 0.3) is 0 Å². The number of likely N-dealkylation sites (tertiary alicyclic amines) is 1. The van der Waals surface area contributed by atoms with Crippen molar-refractivity contribution in [3.8, 4) is 0 Å². The van der Waals surface area contributed by atoms with Crippen LogP contribution in [0.4, 0.5) is 0 Å². The van der Waals surface area contributed by atoms with Crippen LogP contribution in [0, 0.1) is 0 Å². The molecule has 21 heavy (non-hydrogen) atoms. The summed E-state index contributed by atoms with van der Waals surface area (Å²) in [6.45, 7) is 3.31. The number of fused-ring (bicyclic) bond motifs is 1. The van der Waals surface area contributed by atoms with Crippen LogP contribution in [0.15, 0.2) is 35.8 Å². The van der Waals surface area contributed by atoms with Gasteiger partial charge in [-0.25, -0.2) is 9.97 Å². The molecule has 3 aromatic heterocycles. The molecule has 0 spiro atoms. The zero-order chi connectivity index (χ0) is 14.2. The van der Waals surface area contributed by atoms with Gasteiger partial charge in [0.05, 0.1) is 0 Å². The highest BCUT2D eigenvalue weighted by Crippen LogP contribution is 2.29. The van der Waals surface area contributed by atoms with Crippen LogP contribution in [0.2, 0.25) is 0 Å². The van der Waals surface area contributed by atoms with Gasteiger partial charge in [0, 0.05) is 37.1 Å². The van der Waals surface area contributed by atoms with Crippen LogP contribution in [-0.4, -0.2) is 32.5 Å². The lowest BCUT2D eigenvalue weighted by Crippen LogP contribution is -2.19. The van der Waals surface area contributed by atoms with Crippen molar-refractivity contribution >= 4 is 22.5 Å². The summed E-state index contributed by atoms with van der Waals surface area (Å²) in [5, 5.41) is 2.15. The quantitative estimate of drug-likeness (QED) is 0.745. The van der Waals surface area contributed by atoms with E-state index in [1.54, 1.807) is 0 Å². The lowest BCUT2D eigenvalue weighted by molar-refractivity contribution is 0.328. The molecular weight excluding hydrogens is 280 g/mol. The Labute approximate surface area is 128 Å². The molecule has 108 valence electrons. The van der Waals surface area contributed by atoms with Gasteiger partial charge in [-0.1, -0.05) is 6.07 Å². The van der Waals surface area contributed by atoms with Crippen molar-refractivity contribution in [1.82, 2.24) is 19.4 Å².